The van der Waals surface area contributed by atoms with Gasteiger partial charge < -0.3 is 15.8 Å². The third kappa shape index (κ3) is 4.41. The lowest BCUT2D eigenvalue weighted by Gasteiger charge is -2.10. The van der Waals surface area contributed by atoms with E-state index in [9.17, 15) is 14.8 Å². The number of benzene rings is 2. The standard InChI is InChI=1S/C18H20N4O3/c1-11-15(19-13(3)23)7-5-9-17(11)21-22(25)18-10-6-8-16(12(18)2)20-14(4)24/h5-10H,1-4H3,(H,19,23)(H,20,24). The Hall–Kier alpha value is -3.22. The van der Waals surface area contributed by atoms with Crippen molar-refractivity contribution in [2.45, 2.75) is 27.7 Å². The summed E-state index contributed by atoms with van der Waals surface area (Å²) in [4.78, 5) is 23.0. The highest BCUT2D eigenvalue weighted by atomic mass is 16.5. The van der Waals surface area contributed by atoms with Crippen LogP contribution < -0.4 is 10.6 Å². The summed E-state index contributed by atoms with van der Waals surface area (Å²) in [5.74, 6) is -0.411. The summed E-state index contributed by atoms with van der Waals surface area (Å²) in [5, 5.41) is 22.0. The molecule has 0 aliphatic heterocycles. The van der Waals surface area contributed by atoms with Gasteiger partial charge in [-0.15, -0.1) is 0 Å². The Balaban J connectivity index is 2.43. The van der Waals surface area contributed by atoms with E-state index in [-0.39, 0.29) is 11.8 Å². The maximum absolute atomic E-state index is 12.5. The number of amides is 2. The Morgan fingerprint density at radius 3 is 2.00 bits per heavy atom. The SMILES string of the molecule is CC(=O)Nc1cccc(N=[N+]([O-])c2cccc(NC(C)=O)c2C)c1C. The molecule has 7 heteroatoms. The molecule has 130 valence electrons. The fraction of sp³-hybridized carbons (Fsp3) is 0.222. The molecule has 0 saturated heterocycles. The van der Waals surface area contributed by atoms with Gasteiger partial charge in [0.1, 0.15) is 5.69 Å². The summed E-state index contributed by atoms with van der Waals surface area (Å²) in [7, 11) is 0. The first kappa shape index (κ1) is 18.1. The first-order valence-corrected chi connectivity index (χ1v) is 7.73. The van der Waals surface area contributed by atoms with Gasteiger partial charge in [0.25, 0.3) is 0 Å². The maximum Gasteiger partial charge on any atom is 0.249 e. The molecule has 0 bridgehead atoms. The summed E-state index contributed by atoms with van der Waals surface area (Å²) < 4.78 is 0. The minimum atomic E-state index is -0.214. The number of azo groups is 1. The van der Waals surface area contributed by atoms with Gasteiger partial charge in [-0.25, -0.2) is 0 Å². The molecule has 2 N–H and O–H groups in total. The van der Waals surface area contributed by atoms with E-state index < -0.39 is 0 Å². The molecule has 0 heterocycles. The predicted molar refractivity (Wildman–Crippen MR) is 96.3 cm³/mol. The Bertz CT molecular complexity index is 859. The Kier molecular flexibility index (Phi) is 5.49. The van der Waals surface area contributed by atoms with Crippen molar-refractivity contribution in [2.24, 2.45) is 5.11 Å². The molecule has 2 rings (SSSR count). The molecule has 2 amide bonds. The zero-order chi connectivity index (χ0) is 18.6. The van der Waals surface area contributed by atoms with Gasteiger partial charge in [0, 0.05) is 41.8 Å². The van der Waals surface area contributed by atoms with Crippen molar-refractivity contribution in [3.63, 3.8) is 0 Å². The predicted octanol–water partition coefficient (Wildman–Crippen LogP) is 4.15. The maximum atomic E-state index is 12.5. The summed E-state index contributed by atoms with van der Waals surface area (Å²) in [6.07, 6.45) is 0. The molecule has 0 atom stereocenters. The third-order valence-electron chi connectivity index (χ3n) is 3.64. The fourth-order valence-corrected chi connectivity index (χ4v) is 2.36. The van der Waals surface area contributed by atoms with Crippen LogP contribution >= 0.6 is 0 Å². The largest absolute Gasteiger partial charge is 0.594 e. The van der Waals surface area contributed by atoms with Gasteiger partial charge in [-0.1, -0.05) is 12.1 Å². The number of hydrogen-bond acceptors (Lipinski definition) is 4. The van der Waals surface area contributed by atoms with Crippen LogP contribution in [-0.2, 0) is 9.59 Å². The van der Waals surface area contributed by atoms with Crippen LogP contribution in [0.4, 0.5) is 22.7 Å². The van der Waals surface area contributed by atoms with Gasteiger partial charge in [0.05, 0.1) is 5.69 Å². The normalized spacial score (nSPS) is 11.1. The lowest BCUT2D eigenvalue weighted by molar-refractivity contribution is -0.435. The van der Waals surface area contributed by atoms with Crippen LogP contribution in [0.3, 0.4) is 0 Å². The highest BCUT2D eigenvalue weighted by molar-refractivity contribution is 5.90. The van der Waals surface area contributed by atoms with E-state index in [0.717, 1.165) is 0 Å². The topological polar surface area (TPSA) is 96.6 Å². The number of rotatable bonds is 4. The molecule has 25 heavy (non-hydrogen) atoms. The molecule has 0 fully saturated rings. The highest BCUT2D eigenvalue weighted by Gasteiger charge is 2.14. The summed E-state index contributed by atoms with van der Waals surface area (Å²) in [5.41, 5.74) is 3.25. The van der Waals surface area contributed by atoms with Crippen LogP contribution in [-0.4, -0.2) is 16.7 Å². The van der Waals surface area contributed by atoms with E-state index in [0.29, 0.717) is 38.7 Å². The van der Waals surface area contributed by atoms with Gasteiger partial charge in [-0.05, 0) is 36.9 Å². The van der Waals surface area contributed by atoms with E-state index in [4.69, 9.17) is 0 Å². The van der Waals surface area contributed by atoms with Gasteiger partial charge >= 0.3 is 0 Å². The lowest BCUT2D eigenvalue weighted by Crippen LogP contribution is -2.08. The molecule has 0 unspecified atom stereocenters. The Morgan fingerprint density at radius 1 is 0.920 bits per heavy atom. The van der Waals surface area contributed by atoms with Crippen molar-refractivity contribution in [3.8, 4) is 0 Å². The van der Waals surface area contributed by atoms with E-state index in [2.05, 4.69) is 15.7 Å². The molecule has 0 spiro atoms. The minimum Gasteiger partial charge on any atom is -0.594 e. The molecule has 0 aliphatic carbocycles. The Morgan fingerprint density at radius 2 is 1.44 bits per heavy atom. The lowest BCUT2D eigenvalue weighted by atomic mass is 10.1. The number of nitrogens with zero attached hydrogens (tertiary/aromatic N) is 2. The molecule has 0 saturated carbocycles. The third-order valence-corrected chi connectivity index (χ3v) is 3.64. The fourth-order valence-electron chi connectivity index (χ4n) is 2.36. The molecular formula is C18H20N4O3. The molecular weight excluding hydrogens is 320 g/mol. The van der Waals surface area contributed by atoms with Crippen molar-refractivity contribution in [1.82, 2.24) is 0 Å². The van der Waals surface area contributed by atoms with Crippen molar-refractivity contribution < 1.29 is 14.4 Å². The van der Waals surface area contributed by atoms with Crippen LogP contribution in [0.15, 0.2) is 41.5 Å². The highest BCUT2D eigenvalue weighted by Crippen LogP contribution is 2.30. The monoisotopic (exact) mass is 340 g/mol. The first-order chi connectivity index (χ1) is 11.8. The second kappa shape index (κ2) is 7.57. The van der Waals surface area contributed by atoms with E-state index >= 15 is 0 Å². The van der Waals surface area contributed by atoms with Gasteiger partial charge in [-0.2, -0.15) is 0 Å². The van der Waals surface area contributed by atoms with Gasteiger partial charge in [0.15, 0.2) is 0 Å². The zero-order valence-corrected chi connectivity index (χ0v) is 14.6. The average molecular weight is 340 g/mol. The Labute approximate surface area is 146 Å². The van der Waals surface area contributed by atoms with E-state index in [1.165, 1.54) is 13.8 Å². The quantitative estimate of drug-likeness (QED) is 0.497. The van der Waals surface area contributed by atoms with Crippen molar-refractivity contribution in [3.05, 3.63) is 52.7 Å². The molecule has 7 nitrogen and oxygen atoms in total. The van der Waals surface area contributed by atoms with Crippen molar-refractivity contribution in [2.75, 3.05) is 10.6 Å². The van der Waals surface area contributed by atoms with Gasteiger partial charge in [-0.3, -0.25) is 9.59 Å². The summed E-state index contributed by atoms with van der Waals surface area (Å²) in [6.45, 7) is 6.34. The van der Waals surface area contributed by atoms with Crippen LogP contribution in [0.2, 0.25) is 0 Å². The number of carbonyl (C=O) groups is 2. The number of hydrogen-bond donors (Lipinski definition) is 2. The number of carbonyl (C=O) groups excluding carboxylic acids is 2. The molecule has 2 aromatic rings. The molecule has 0 radical (unpaired) electrons. The van der Waals surface area contributed by atoms with E-state index in [1.807, 2.05) is 0 Å². The smallest absolute Gasteiger partial charge is 0.249 e. The number of anilines is 2. The van der Waals surface area contributed by atoms with Crippen LogP contribution in [0.1, 0.15) is 25.0 Å². The van der Waals surface area contributed by atoms with Gasteiger partial charge in [0.2, 0.25) is 17.5 Å². The molecule has 2 aromatic carbocycles. The van der Waals surface area contributed by atoms with Crippen LogP contribution in [0.25, 0.3) is 0 Å². The summed E-state index contributed by atoms with van der Waals surface area (Å²) >= 11 is 0. The zero-order valence-electron chi connectivity index (χ0n) is 14.6. The van der Waals surface area contributed by atoms with Crippen LogP contribution in [0.5, 0.6) is 0 Å². The second-order valence-electron chi connectivity index (χ2n) is 5.63. The van der Waals surface area contributed by atoms with Crippen LogP contribution in [0, 0.1) is 19.1 Å². The molecule has 0 aromatic heterocycles. The number of nitrogens with one attached hydrogen (secondary N) is 2. The van der Waals surface area contributed by atoms with Crippen molar-refractivity contribution in [1.29, 1.82) is 0 Å². The average Bonchev–Trinajstić information content (AvgIpc) is 2.52. The second-order valence-corrected chi connectivity index (χ2v) is 5.63. The van der Waals surface area contributed by atoms with E-state index in [1.54, 1.807) is 50.2 Å². The summed E-state index contributed by atoms with van der Waals surface area (Å²) in [6, 6.07) is 10.2. The minimum absolute atomic E-state index is 0.196. The first-order valence-electron chi connectivity index (χ1n) is 7.73. The molecule has 0 aliphatic rings. The van der Waals surface area contributed by atoms with Crippen molar-refractivity contribution >= 4 is 34.6 Å².